The molecule has 0 bridgehead atoms. The van der Waals surface area contributed by atoms with Crippen molar-refractivity contribution < 1.29 is 23.0 Å². The van der Waals surface area contributed by atoms with Crippen LogP contribution >= 0.6 is 0 Å². The molecule has 0 N–H and O–H groups in total. The largest absolute Gasteiger partial charge is 0.466 e. The van der Waals surface area contributed by atoms with Gasteiger partial charge in [0.1, 0.15) is 23.0 Å². The lowest BCUT2D eigenvalue weighted by Crippen LogP contribution is -2.42. The summed E-state index contributed by atoms with van der Waals surface area (Å²) >= 11 is 0. The summed E-state index contributed by atoms with van der Waals surface area (Å²) in [6.45, 7) is 5.22. The fourth-order valence-corrected chi connectivity index (χ4v) is 3.47. The highest BCUT2D eigenvalue weighted by atomic mass is 19.1. The SMILES string of the molecule is Cc1cc(F)c(C[C@@H](C)[C@]23CCC(=O)C=C2OC(C)O3)cc1F. The maximum atomic E-state index is 14.1. The second kappa shape index (κ2) is 5.71. The van der Waals surface area contributed by atoms with E-state index in [1.54, 1.807) is 6.92 Å². The van der Waals surface area contributed by atoms with Gasteiger partial charge in [-0.1, -0.05) is 6.92 Å². The zero-order chi connectivity index (χ0) is 16.8. The Bertz CT molecular complexity index is 683. The number of hydrogen-bond acceptors (Lipinski definition) is 3. The minimum absolute atomic E-state index is 0.00749. The van der Waals surface area contributed by atoms with Crippen LogP contribution in [0, 0.1) is 24.5 Å². The van der Waals surface area contributed by atoms with Crippen molar-refractivity contribution in [2.24, 2.45) is 5.92 Å². The highest BCUT2D eigenvalue weighted by molar-refractivity contribution is 5.91. The summed E-state index contributed by atoms with van der Waals surface area (Å²) in [5, 5.41) is 0. The van der Waals surface area contributed by atoms with Crippen molar-refractivity contribution in [3.63, 3.8) is 0 Å². The predicted octanol–water partition coefficient (Wildman–Crippen LogP) is 3.83. The van der Waals surface area contributed by atoms with Crippen LogP contribution in [0.1, 0.15) is 37.8 Å². The quantitative estimate of drug-likeness (QED) is 0.848. The van der Waals surface area contributed by atoms with E-state index in [2.05, 4.69) is 0 Å². The maximum absolute atomic E-state index is 14.1. The summed E-state index contributed by atoms with van der Waals surface area (Å²) in [5.74, 6) is -0.465. The zero-order valence-corrected chi connectivity index (χ0v) is 13.5. The van der Waals surface area contributed by atoms with E-state index in [9.17, 15) is 13.6 Å². The Labute approximate surface area is 134 Å². The van der Waals surface area contributed by atoms with Crippen LogP contribution in [-0.4, -0.2) is 17.7 Å². The molecule has 124 valence electrons. The molecule has 1 fully saturated rings. The van der Waals surface area contributed by atoms with Crippen LogP contribution < -0.4 is 0 Å². The van der Waals surface area contributed by atoms with Gasteiger partial charge in [0, 0.05) is 12.5 Å². The molecule has 1 heterocycles. The number of halogens is 2. The average molecular weight is 322 g/mol. The van der Waals surface area contributed by atoms with E-state index in [0.717, 1.165) is 0 Å². The lowest BCUT2D eigenvalue weighted by Gasteiger charge is -2.35. The fraction of sp³-hybridized carbons (Fsp3) is 0.500. The van der Waals surface area contributed by atoms with Crippen LogP contribution in [0.15, 0.2) is 24.0 Å². The molecule has 0 saturated carbocycles. The third kappa shape index (κ3) is 2.78. The Morgan fingerprint density at radius 2 is 2.09 bits per heavy atom. The van der Waals surface area contributed by atoms with Crippen LogP contribution in [0.2, 0.25) is 0 Å². The van der Waals surface area contributed by atoms with Crippen LogP contribution in [0.4, 0.5) is 8.78 Å². The number of fused-ring (bicyclic) bond motifs is 1. The Kier molecular flexibility index (Phi) is 4.00. The average Bonchev–Trinajstić information content (AvgIpc) is 2.81. The molecule has 23 heavy (non-hydrogen) atoms. The maximum Gasteiger partial charge on any atom is 0.197 e. The Balaban J connectivity index is 1.91. The van der Waals surface area contributed by atoms with Gasteiger partial charge in [-0.05, 0) is 55.9 Å². The molecule has 5 heteroatoms. The molecular formula is C18H20F2O3. The van der Waals surface area contributed by atoms with E-state index in [0.29, 0.717) is 30.6 Å². The lowest BCUT2D eigenvalue weighted by molar-refractivity contribution is -0.121. The third-order valence-electron chi connectivity index (χ3n) is 4.77. The Hall–Kier alpha value is -1.75. The van der Waals surface area contributed by atoms with Gasteiger partial charge in [-0.3, -0.25) is 4.79 Å². The monoisotopic (exact) mass is 322 g/mol. The first-order valence-electron chi connectivity index (χ1n) is 7.86. The molecule has 3 nitrogen and oxygen atoms in total. The van der Waals surface area contributed by atoms with Gasteiger partial charge in [0.25, 0.3) is 0 Å². The standard InChI is InChI=1S/C18H20F2O3/c1-10-6-16(20)13(8-15(10)19)7-11(2)18-5-4-14(21)9-17(18)22-12(3)23-18/h6,8-9,11-12H,4-5,7H2,1-3H3/t11-,12?,18-/m1/s1. The van der Waals surface area contributed by atoms with Crippen LogP contribution in [-0.2, 0) is 20.7 Å². The molecule has 2 aliphatic rings. The minimum atomic E-state index is -0.735. The van der Waals surface area contributed by atoms with Gasteiger partial charge in [0.2, 0.25) is 0 Å². The number of aryl methyl sites for hydroxylation is 1. The number of benzene rings is 1. The van der Waals surface area contributed by atoms with Crippen LogP contribution in [0.5, 0.6) is 0 Å². The molecule has 1 aromatic rings. The summed E-state index contributed by atoms with van der Waals surface area (Å²) in [5.41, 5.74) is -0.134. The van der Waals surface area contributed by atoms with Gasteiger partial charge in [-0.25, -0.2) is 8.78 Å². The molecule has 1 aliphatic heterocycles. The summed E-state index contributed by atoms with van der Waals surface area (Å²) in [6, 6.07) is 2.46. The van der Waals surface area contributed by atoms with Crippen molar-refractivity contribution in [3.8, 4) is 0 Å². The number of carbonyl (C=O) groups excluding carboxylic acids is 1. The first-order valence-corrected chi connectivity index (χ1v) is 7.86. The molecule has 0 radical (unpaired) electrons. The van der Waals surface area contributed by atoms with E-state index in [4.69, 9.17) is 9.47 Å². The number of hydrogen-bond donors (Lipinski definition) is 0. The number of ether oxygens (including phenoxy) is 2. The van der Waals surface area contributed by atoms with Gasteiger partial charge in [-0.2, -0.15) is 0 Å². The van der Waals surface area contributed by atoms with Crippen LogP contribution in [0.3, 0.4) is 0 Å². The van der Waals surface area contributed by atoms with E-state index in [1.165, 1.54) is 25.1 Å². The van der Waals surface area contributed by atoms with Gasteiger partial charge >= 0.3 is 0 Å². The van der Waals surface area contributed by atoms with E-state index in [-0.39, 0.29) is 17.3 Å². The fourth-order valence-electron chi connectivity index (χ4n) is 3.47. The summed E-state index contributed by atoms with van der Waals surface area (Å²) in [6.07, 6.45) is 2.21. The second-order valence-electron chi connectivity index (χ2n) is 6.47. The molecule has 1 aliphatic carbocycles. The smallest absolute Gasteiger partial charge is 0.197 e. The molecule has 0 amide bonds. The normalized spacial score (nSPS) is 28.1. The second-order valence-corrected chi connectivity index (χ2v) is 6.47. The summed E-state index contributed by atoms with van der Waals surface area (Å²) in [7, 11) is 0. The molecule has 1 saturated heterocycles. The molecule has 1 aromatic carbocycles. The highest BCUT2D eigenvalue weighted by Gasteiger charge is 2.51. The van der Waals surface area contributed by atoms with E-state index in [1.807, 2.05) is 6.92 Å². The highest BCUT2D eigenvalue weighted by Crippen LogP contribution is 2.46. The van der Waals surface area contributed by atoms with Crippen molar-refractivity contribution in [1.29, 1.82) is 0 Å². The van der Waals surface area contributed by atoms with E-state index >= 15 is 0 Å². The first kappa shape index (κ1) is 16.1. The first-order chi connectivity index (χ1) is 10.8. The molecular weight excluding hydrogens is 302 g/mol. The van der Waals surface area contributed by atoms with E-state index < -0.39 is 23.5 Å². The molecule has 3 atom stereocenters. The third-order valence-corrected chi connectivity index (χ3v) is 4.77. The Morgan fingerprint density at radius 3 is 2.83 bits per heavy atom. The number of carbonyl (C=O) groups is 1. The lowest BCUT2D eigenvalue weighted by atomic mass is 9.76. The van der Waals surface area contributed by atoms with Crippen molar-refractivity contribution in [3.05, 3.63) is 46.7 Å². The van der Waals surface area contributed by atoms with Crippen molar-refractivity contribution in [2.75, 3.05) is 0 Å². The van der Waals surface area contributed by atoms with Gasteiger partial charge in [0.15, 0.2) is 12.1 Å². The molecule has 0 spiro atoms. The summed E-state index contributed by atoms with van der Waals surface area (Å²) in [4.78, 5) is 11.7. The van der Waals surface area contributed by atoms with Gasteiger partial charge < -0.3 is 9.47 Å². The summed E-state index contributed by atoms with van der Waals surface area (Å²) < 4.78 is 39.5. The topological polar surface area (TPSA) is 35.5 Å². The van der Waals surface area contributed by atoms with Gasteiger partial charge in [0.05, 0.1) is 0 Å². The van der Waals surface area contributed by atoms with Crippen molar-refractivity contribution >= 4 is 5.78 Å². The predicted molar refractivity (Wildman–Crippen MR) is 80.7 cm³/mol. The molecule has 1 unspecified atom stereocenters. The molecule has 0 aromatic heterocycles. The zero-order valence-electron chi connectivity index (χ0n) is 13.5. The van der Waals surface area contributed by atoms with Crippen molar-refractivity contribution in [2.45, 2.75) is 51.9 Å². The molecule has 3 rings (SSSR count). The van der Waals surface area contributed by atoms with Gasteiger partial charge in [-0.15, -0.1) is 0 Å². The van der Waals surface area contributed by atoms with Crippen molar-refractivity contribution in [1.82, 2.24) is 0 Å². The minimum Gasteiger partial charge on any atom is -0.466 e. The Morgan fingerprint density at radius 1 is 1.35 bits per heavy atom. The number of ketones is 1. The number of rotatable bonds is 3. The number of allylic oxidation sites excluding steroid dienone is 1. The van der Waals surface area contributed by atoms with Crippen LogP contribution in [0.25, 0.3) is 0 Å².